The normalized spacial score (nSPS) is 14.9. The van der Waals surface area contributed by atoms with Gasteiger partial charge in [0.15, 0.2) is 0 Å². The molecule has 0 bridgehead atoms. The molecule has 0 radical (unpaired) electrons. The van der Waals surface area contributed by atoms with E-state index in [9.17, 15) is 4.79 Å². The van der Waals surface area contributed by atoms with Crippen LogP contribution < -0.4 is 4.74 Å². The van der Waals surface area contributed by atoms with Crippen molar-refractivity contribution in [1.29, 1.82) is 0 Å². The molecule has 0 N–H and O–H groups in total. The fraction of sp³-hybridized carbons (Fsp3) is 0.222. The quantitative estimate of drug-likeness (QED) is 0.780. The topological polar surface area (TPSA) is 35.5 Å². The number of rotatable bonds is 3. The van der Waals surface area contributed by atoms with E-state index in [4.69, 9.17) is 63.0 Å². The lowest BCUT2D eigenvalue weighted by molar-refractivity contribution is -0.144. The summed E-state index contributed by atoms with van der Waals surface area (Å²) in [4.78, 5) is 11.4. The van der Waals surface area contributed by atoms with Crippen LogP contribution >= 0.6 is 58.3 Å². The summed E-state index contributed by atoms with van der Waals surface area (Å²) in [5.74, 6) is -1.01. The van der Waals surface area contributed by atoms with E-state index in [0.29, 0.717) is 0 Å². The molecule has 1 aromatic rings. The van der Waals surface area contributed by atoms with Gasteiger partial charge >= 0.3 is 11.0 Å². The molecular formula is C9H5Cl5O3. The number of hydrogen-bond acceptors (Lipinski definition) is 3. The summed E-state index contributed by atoms with van der Waals surface area (Å²) in [5, 5.41) is -2.37. The Morgan fingerprint density at radius 2 is 1.59 bits per heavy atom. The minimum atomic E-state index is -2.37. The molecule has 0 aliphatic carbocycles. The van der Waals surface area contributed by atoms with E-state index in [1.54, 1.807) is 18.2 Å². The van der Waals surface area contributed by atoms with Crippen LogP contribution in [0, 0.1) is 0 Å². The Morgan fingerprint density at radius 1 is 1.06 bits per heavy atom. The van der Waals surface area contributed by atoms with Crippen LogP contribution in [-0.4, -0.2) is 14.8 Å². The number of ether oxygens (including phenoxy) is 1. The highest BCUT2D eigenvalue weighted by Gasteiger charge is 2.58. The zero-order chi connectivity index (χ0) is 13.1. The van der Waals surface area contributed by atoms with Crippen LogP contribution in [0.5, 0.6) is 5.75 Å². The van der Waals surface area contributed by atoms with Gasteiger partial charge < -0.3 is 9.03 Å². The smallest absolute Gasteiger partial charge is 0.389 e. The summed E-state index contributed by atoms with van der Waals surface area (Å²) in [5.41, 5.74) is 0. The minimum absolute atomic E-state index is 0.218. The fourth-order valence-corrected chi connectivity index (χ4v) is 1.54. The van der Waals surface area contributed by atoms with E-state index in [1.807, 2.05) is 0 Å². The molecule has 0 heterocycles. The lowest BCUT2D eigenvalue weighted by Gasteiger charge is -2.30. The summed E-state index contributed by atoms with van der Waals surface area (Å²) in [6, 6.07) is 8.08. The number of carbonyl (C=O) groups excluding carboxylic acids is 1. The zero-order valence-electron chi connectivity index (χ0n) is 8.00. The van der Waals surface area contributed by atoms with Gasteiger partial charge in [0.1, 0.15) is 17.6 Å². The Hall–Kier alpha value is -0.0600. The molecule has 0 amide bonds. The Bertz CT molecular complexity index is 391. The maximum Gasteiger partial charge on any atom is 0.389 e. The van der Waals surface area contributed by atoms with Gasteiger partial charge in [0.25, 0.3) is 3.79 Å². The molecule has 0 saturated carbocycles. The van der Waals surface area contributed by atoms with E-state index in [1.165, 1.54) is 12.1 Å². The highest BCUT2D eigenvalue weighted by Crippen LogP contribution is 2.45. The molecule has 0 fully saturated rings. The first-order valence-corrected chi connectivity index (χ1v) is 5.96. The second-order valence-electron chi connectivity index (χ2n) is 2.87. The van der Waals surface area contributed by atoms with Gasteiger partial charge in [-0.1, -0.05) is 64.6 Å². The molecule has 1 aromatic carbocycles. The molecule has 3 nitrogen and oxygen atoms in total. The van der Waals surface area contributed by atoms with E-state index >= 15 is 0 Å². The average molecular weight is 338 g/mol. The molecule has 0 aromatic heterocycles. The first kappa shape index (κ1) is 15.0. The second kappa shape index (κ2) is 5.72. The fourth-order valence-electron chi connectivity index (χ4n) is 0.916. The van der Waals surface area contributed by atoms with E-state index in [0.717, 1.165) is 0 Å². The maximum atomic E-state index is 11.4. The summed E-state index contributed by atoms with van der Waals surface area (Å²) >= 11 is 27.5. The van der Waals surface area contributed by atoms with Crippen molar-refractivity contribution >= 4 is 64.2 Å². The van der Waals surface area contributed by atoms with Gasteiger partial charge in [0.05, 0.1) is 0 Å². The van der Waals surface area contributed by atoms with Crippen LogP contribution in [0.4, 0.5) is 0 Å². The lowest BCUT2D eigenvalue weighted by atomic mass is 10.3. The van der Waals surface area contributed by atoms with Crippen LogP contribution in [0.3, 0.4) is 0 Å². The van der Waals surface area contributed by atoms with Crippen LogP contribution in [0.1, 0.15) is 0 Å². The van der Waals surface area contributed by atoms with Crippen molar-refractivity contribution in [2.45, 2.75) is 8.85 Å². The molecular weight excluding hydrogens is 333 g/mol. The second-order valence-corrected chi connectivity index (χ2v) is 5.84. The number of benzene rings is 1. The molecule has 1 rings (SSSR count). The van der Waals surface area contributed by atoms with E-state index in [2.05, 4.69) is 4.29 Å². The van der Waals surface area contributed by atoms with Crippen molar-refractivity contribution in [2.75, 3.05) is 0 Å². The lowest BCUT2D eigenvalue weighted by Crippen LogP contribution is -2.50. The van der Waals surface area contributed by atoms with Crippen molar-refractivity contribution in [3.63, 3.8) is 0 Å². The maximum absolute atomic E-state index is 11.4. The Kier molecular flexibility index (Phi) is 5.05. The van der Waals surface area contributed by atoms with Gasteiger partial charge in [0, 0.05) is 0 Å². The first-order valence-electron chi connectivity index (χ1n) is 4.14. The van der Waals surface area contributed by atoms with Gasteiger partial charge in [-0.15, -0.1) is 0 Å². The molecule has 94 valence electrons. The monoisotopic (exact) mass is 336 g/mol. The van der Waals surface area contributed by atoms with Crippen molar-refractivity contribution in [3.8, 4) is 5.75 Å². The van der Waals surface area contributed by atoms with Crippen LogP contribution in [0.15, 0.2) is 30.3 Å². The number of para-hydroxylation sites is 1. The van der Waals surface area contributed by atoms with Gasteiger partial charge in [-0.25, -0.2) is 4.79 Å². The third kappa shape index (κ3) is 3.46. The van der Waals surface area contributed by atoms with Crippen LogP contribution in [0.25, 0.3) is 0 Å². The number of carbonyl (C=O) groups is 1. The predicted molar refractivity (Wildman–Crippen MR) is 67.9 cm³/mol. The summed E-state index contributed by atoms with van der Waals surface area (Å²) in [7, 11) is 0. The molecule has 0 saturated heterocycles. The third-order valence-corrected chi connectivity index (χ3v) is 3.44. The van der Waals surface area contributed by atoms with E-state index < -0.39 is 14.8 Å². The van der Waals surface area contributed by atoms with Gasteiger partial charge in [-0.2, -0.15) is 0 Å². The van der Waals surface area contributed by atoms with Crippen molar-refractivity contribution in [1.82, 2.24) is 0 Å². The van der Waals surface area contributed by atoms with Gasteiger partial charge in [0.2, 0.25) is 0 Å². The Morgan fingerprint density at radius 3 is 2.00 bits per heavy atom. The highest BCUT2D eigenvalue weighted by atomic mass is 35.6. The number of alkyl halides is 4. The Labute approximate surface area is 123 Å². The molecule has 8 heteroatoms. The van der Waals surface area contributed by atoms with Crippen molar-refractivity contribution in [2.24, 2.45) is 0 Å². The molecule has 0 spiro atoms. The summed E-state index contributed by atoms with van der Waals surface area (Å²) in [6.45, 7) is 0. The van der Waals surface area contributed by atoms with Gasteiger partial charge in [-0.3, -0.25) is 0 Å². The zero-order valence-corrected chi connectivity index (χ0v) is 11.8. The van der Waals surface area contributed by atoms with Crippen LogP contribution in [0.2, 0.25) is 0 Å². The molecule has 0 aliphatic rings. The molecule has 1 atom stereocenters. The van der Waals surface area contributed by atoms with Crippen molar-refractivity contribution < 1.29 is 13.8 Å². The number of halogens is 5. The predicted octanol–water partition coefficient (Wildman–Crippen LogP) is 4.07. The van der Waals surface area contributed by atoms with Crippen LogP contribution in [-0.2, 0) is 9.08 Å². The minimum Gasteiger partial charge on any atom is -0.457 e. The van der Waals surface area contributed by atoms with Gasteiger partial charge in [-0.05, 0) is 12.1 Å². The molecule has 17 heavy (non-hydrogen) atoms. The standard InChI is InChI=1S/C9H5Cl5O3/c10-8(7(15)17-14,9(11,12)13)16-6-4-2-1-3-5-6/h1-5H. The molecule has 0 aliphatic heterocycles. The third-order valence-electron chi connectivity index (χ3n) is 1.70. The SMILES string of the molecule is O=C(OCl)C(Cl)(Oc1ccccc1)C(Cl)(Cl)Cl. The highest BCUT2D eigenvalue weighted by molar-refractivity contribution is 6.72. The Balaban J connectivity index is 3.05. The molecule has 1 unspecified atom stereocenters. The number of hydrogen-bond donors (Lipinski definition) is 0. The summed E-state index contributed by atoms with van der Waals surface area (Å²) < 4.78 is 6.80. The largest absolute Gasteiger partial charge is 0.457 e. The van der Waals surface area contributed by atoms with Crippen molar-refractivity contribution in [3.05, 3.63) is 30.3 Å². The summed E-state index contributed by atoms with van der Waals surface area (Å²) in [6.07, 6.45) is 0. The first-order chi connectivity index (χ1) is 7.81. The van der Waals surface area contributed by atoms with E-state index in [-0.39, 0.29) is 5.75 Å². The average Bonchev–Trinajstić information content (AvgIpc) is 2.27.